The third kappa shape index (κ3) is 7.18. The number of sulfonamides is 1. The third-order valence-electron chi connectivity index (χ3n) is 5.27. The summed E-state index contributed by atoms with van der Waals surface area (Å²) >= 11 is 0. The predicted octanol–water partition coefficient (Wildman–Crippen LogP) is 3.58. The van der Waals surface area contributed by atoms with Crippen molar-refractivity contribution in [1.29, 1.82) is 0 Å². The summed E-state index contributed by atoms with van der Waals surface area (Å²) in [5, 5.41) is 6.65. The number of rotatable bonds is 8. The van der Waals surface area contributed by atoms with Gasteiger partial charge in [0.2, 0.25) is 10.0 Å². The molecular weight excluding hydrogens is 487 g/mol. The molecule has 1 aromatic carbocycles. The molecule has 0 atom stereocenters. The molecule has 0 unspecified atom stereocenters. The largest absolute Gasteiger partial charge is 0.356 e. The van der Waals surface area contributed by atoms with Gasteiger partial charge in [-0.1, -0.05) is 45.2 Å². The Morgan fingerprint density at radius 1 is 1.07 bits per heavy atom. The maximum Gasteiger partial charge on any atom is 0.243 e. The summed E-state index contributed by atoms with van der Waals surface area (Å²) in [6.45, 7) is 7.16. The van der Waals surface area contributed by atoms with Gasteiger partial charge < -0.3 is 10.6 Å². The Kier molecular flexibility index (Phi) is 11.4. The van der Waals surface area contributed by atoms with Gasteiger partial charge in [0.1, 0.15) is 0 Å². The van der Waals surface area contributed by atoms with Gasteiger partial charge in [-0.3, -0.25) is 4.99 Å². The Hall–Kier alpha value is -0.870. The van der Waals surface area contributed by atoms with E-state index in [9.17, 15) is 8.42 Å². The van der Waals surface area contributed by atoms with Gasteiger partial charge in [-0.05, 0) is 36.5 Å². The van der Waals surface area contributed by atoms with E-state index < -0.39 is 10.0 Å². The molecule has 1 aliphatic rings. The molecule has 0 spiro atoms. The summed E-state index contributed by atoms with van der Waals surface area (Å²) in [4.78, 5) is 4.63. The van der Waals surface area contributed by atoms with Gasteiger partial charge in [-0.25, -0.2) is 8.42 Å². The summed E-state index contributed by atoms with van der Waals surface area (Å²) in [6, 6.07) is 7.17. The van der Waals surface area contributed by atoms with Gasteiger partial charge in [-0.2, -0.15) is 4.31 Å². The molecule has 0 aliphatic carbocycles. The predicted molar refractivity (Wildman–Crippen MR) is 127 cm³/mol. The lowest BCUT2D eigenvalue weighted by Crippen LogP contribution is -2.39. The number of nitrogens with zero attached hydrogens (tertiary/aromatic N) is 2. The molecule has 0 radical (unpaired) electrons. The van der Waals surface area contributed by atoms with E-state index in [1.807, 2.05) is 12.1 Å². The number of guanidine groups is 1. The van der Waals surface area contributed by atoms with Crippen LogP contribution in [0.2, 0.25) is 0 Å². The van der Waals surface area contributed by atoms with Crippen molar-refractivity contribution in [3.05, 3.63) is 29.8 Å². The van der Waals surface area contributed by atoms with E-state index in [0.717, 1.165) is 50.2 Å². The first-order valence-corrected chi connectivity index (χ1v) is 11.5. The number of piperidine rings is 1. The molecule has 1 aliphatic heterocycles. The maximum atomic E-state index is 12.7. The lowest BCUT2D eigenvalue weighted by molar-refractivity contribution is 0.346. The molecule has 2 N–H and O–H groups in total. The minimum Gasteiger partial charge on any atom is -0.356 e. The van der Waals surface area contributed by atoms with Crippen LogP contribution in [-0.4, -0.2) is 45.4 Å². The summed E-state index contributed by atoms with van der Waals surface area (Å²) in [7, 11) is -1.60. The molecule has 6 nitrogen and oxygen atoms in total. The number of nitrogens with one attached hydrogen (secondary N) is 2. The van der Waals surface area contributed by atoms with E-state index in [1.54, 1.807) is 23.5 Å². The van der Waals surface area contributed by atoms with Gasteiger partial charge in [0.15, 0.2) is 5.96 Å². The SMILES string of the molecule is CCC(CC)CNC(=NC)NCc1ccc(S(=O)(=O)N2CCCCC2)cc1.I. The van der Waals surface area contributed by atoms with Crippen molar-refractivity contribution in [3.63, 3.8) is 0 Å². The highest BCUT2D eigenvalue weighted by molar-refractivity contribution is 14.0. The van der Waals surface area contributed by atoms with E-state index in [-0.39, 0.29) is 24.0 Å². The zero-order valence-electron chi connectivity index (χ0n) is 17.3. The Balaban J connectivity index is 0.00000392. The zero-order chi connectivity index (χ0) is 19.7. The Morgan fingerprint density at radius 3 is 2.21 bits per heavy atom. The van der Waals surface area contributed by atoms with E-state index >= 15 is 0 Å². The second-order valence-electron chi connectivity index (χ2n) is 7.10. The Labute approximate surface area is 187 Å². The van der Waals surface area contributed by atoms with Crippen LogP contribution in [0.25, 0.3) is 0 Å². The molecule has 0 bridgehead atoms. The molecule has 0 aromatic heterocycles. The number of hydrogen-bond acceptors (Lipinski definition) is 3. The molecule has 160 valence electrons. The van der Waals surface area contributed by atoms with Crippen molar-refractivity contribution < 1.29 is 8.42 Å². The van der Waals surface area contributed by atoms with Gasteiger partial charge in [0.25, 0.3) is 0 Å². The fourth-order valence-electron chi connectivity index (χ4n) is 3.26. The third-order valence-corrected chi connectivity index (χ3v) is 7.19. The second kappa shape index (κ2) is 12.6. The fraction of sp³-hybridized carbons (Fsp3) is 0.650. The monoisotopic (exact) mass is 522 g/mol. The lowest BCUT2D eigenvalue weighted by atomic mass is 10.0. The molecule has 1 heterocycles. The minimum absolute atomic E-state index is 0. The van der Waals surface area contributed by atoms with Crippen LogP contribution in [0.1, 0.15) is 51.5 Å². The van der Waals surface area contributed by atoms with Crippen LogP contribution in [0.15, 0.2) is 34.2 Å². The van der Waals surface area contributed by atoms with Gasteiger partial charge in [0, 0.05) is 33.2 Å². The first kappa shape index (κ1) is 25.2. The number of benzene rings is 1. The maximum absolute atomic E-state index is 12.7. The van der Waals surface area contributed by atoms with Crippen molar-refractivity contribution >= 4 is 40.0 Å². The smallest absolute Gasteiger partial charge is 0.243 e. The van der Waals surface area contributed by atoms with E-state index in [2.05, 4.69) is 29.5 Å². The van der Waals surface area contributed by atoms with Gasteiger partial charge >= 0.3 is 0 Å². The van der Waals surface area contributed by atoms with Crippen molar-refractivity contribution in [1.82, 2.24) is 14.9 Å². The quantitative estimate of drug-likeness (QED) is 0.311. The van der Waals surface area contributed by atoms with Gasteiger partial charge in [-0.15, -0.1) is 24.0 Å². The highest BCUT2D eigenvalue weighted by Crippen LogP contribution is 2.20. The Bertz CT molecular complexity index is 697. The molecule has 0 amide bonds. The van der Waals surface area contributed by atoms with Gasteiger partial charge in [0.05, 0.1) is 4.90 Å². The van der Waals surface area contributed by atoms with Crippen molar-refractivity contribution in [2.45, 2.75) is 57.4 Å². The first-order valence-electron chi connectivity index (χ1n) is 10.0. The standard InChI is InChI=1S/C20H34N4O2S.HI/c1-4-17(5-2)15-22-20(21-3)23-16-18-9-11-19(12-10-18)27(25,26)24-13-7-6-8-14-24;/h9-12,17H,4-8,13-16H2,1-3H3,(H2,21,22,23);1H. The van der Waals surface area contributed by atoms with Crippen LogP contribution in [0.4, 0.5) is 0 Å². The average Bonchev–Trinajstić information content (AvgIpc) is 2.72. The topological polar surface area (TPSA) is 73.8 Å². The molecule has 8 heteroatoms. The zero-order valence-corrected chi connectivity index (χ0v) is 20.4. The molecule has 1 aromatic rings. The highest BCUT2D eigenvalue weighted by atomic mass is 127. The normalized spacial score (nSPS) is 15.9. The van der Waals surface area contributed by atoms with Crippen LogP contribution in [0.5, 0.6) is 0 Å². The van der Waals surface area contributed by atoms with Crippen LogP contribution in [0.3, 0.4) is 0 Å². The summed E-state index contributed by atoms with van der Waals surface area (Å²) < 4.78 is 27.0. The molecule has 0 saturated carbocycles. The number of aliphatic imine (C=N–C) groups is 1. The number of hydrogen-bond donors (Lipinski definition) is 2. The lowest BCUT2D eigenvalue weighted by Gasteiger charge is -2.25. The summed E-state index contributed by atoms with van der Waals surface area (Å²) in [6.07, 6.45) is 5.30. The van der Waals surface area contributed by atoms with E-state index in [0.29, 0.717) is 30.4 Å². The molecule has 2 rings (SSSR count). The van der Waals surface area contributed by atoms with Crippen LogP contribution < -0.4 is 10.6 Å². The fourth-order valence-corrected chi connectivity index (χ4v) is 4.78. The van der Waals surface area contributed by atoms with Crippen LogP contribution in [0, 0.1) is 5.92 Å². The van der Waals surface area contributed by atoms with Crippen LogP contribution in [-0.2, 0) is 16.6 Å². The molecule has 28 heavy (non-hydrogen) atoms. The van der Waals surface area contributed by atoms with Crippen molar-refractivity contribution in [2.75, 3.05) is 26.7 Å². The van der Waals surface area contributed by atoms with Crippen LogP contribution >= 0.6 is 24.0 Å². The molecular formula is C20H35IN4O2S. The first-order chi connectivity index (χ1) is 13.0. The number of halogens is 1. The summed E-state index contributed by atoms with van der Waals surface area (Å²) in [5.41, 5.74) is 1.03. The Morgan fingerprint density at radius 2 is 1.68 bits per heavy atom. The summed E-state index contributed by atoms with van der Waals surface area (Å²) in [5.74, 6) is 1.41. The highest BCUT2D eigenvalue weighted by Gasteiger charge is 2.25. The van der Waals surface area contributed by atoms with E-state index in [4.69, 9.17) is 0 Å². The molecule has 1 saturated heterocycles. The minimum atomic E-state index is -3.36. The second-order valence-corrected chi connectivity index (χ2v) is 9.04. The van der Waals surface area contributed by atoms with E-state index in [1.165, 1.54) is 0 Å². The van der Waals surface area contributed by atoms with Crippen molar-refractivity contribution in [3.8, 4) is 0 Å². The van der Waals surface area contributed by atoms with Crippen molar-refractivity contribution in [2.24, 2.45) is 10.9 Å². The average molecular weight is 522 g/mol. The molecule has 1 fully saturated rings.